The molecule has 0 spiro atoms. The van der Waals surface area contributed by atoms with Gasteiger partial charge in [-0.05, 0) is 54.3 Å². The predicted octanol–water partition coefficient (Wildman–Crippen LogP) is 4.52. The fourth-order valence-electron chi connectivity index (χ4n) is 2.05. The highest BCUT2D eigenvalue weighted by Gasteiger charge is 2.15. The number of hydrogen-bond acceptors (Lipinski definition) is 2. The van der Waals surface area contributed by atoms with E-state index in [1.807, 2.05) is 6.07 Å². The first-order valence-electron chi connectivity index (χ1n) is 7.68. The number of rotatable bonds is 7. The normalized spacial score (nSPS) is 12.5. The average Bonchev–Trinajstić information content (AvgIpc) is 2.37. The zero-order valence-corrected chi connectivity index (χ0v) is 13.8. The molecular formula is C18H31NO. The minimum atomic E-state index is 0.171. The van der Waals surface area contributed by atoms with Crippen molar-refractivity contribution < 1.29 is 4.74 Å². The number of unbranched alkanes of at least 4 members (excludes halogenated alkanes) is 1. The molecular weight excluding hydrogens is 246 g/mol. The van der Waals surface area contributed by atoms with Gasteiger partial charge in [-0.1, -0.05) is 46.8 Å². The van der Waals surface area contributed by atoms with Crippen LogP contribution < -0.4 is 10.5 Å². The molecule has 0 amide bonds. The van der Waals surface area contributed by atoms with Crippen molar-refractivity contribution in [1.29, 1.82) is 0 Å². The Morgan fingerprint density at radius 3 is 2.35 bits per heavy atom. The van der Waals surface area contributed by atoms with E-state index in [2.05, 4.69) is 52.8 Å². The zero-order valence-electron chi connectivity index (χ0n) is 13.8. The average molecular weight is 277 g/mol. The van der Waals surface area contributed by atoms with E-state index in [1.54, 1.807) is 0 Å². The molecule has 0 saturated carbocycles. The first kappa shape index (κ1) is 17.0. The maximum Gasteiger partial charge on any atom is 0.119 e. The first-order valence-corrected chi connectivity index (χ1v) is 7.68. The number of benzene rings is 1. The van der Waals surface area contributed by atoms with Crippen LogP contribution in [0.1, 0.15) is 59.4 Å². The lowest BCUT2D eigenvalue weighted by atomic mass is 9.87. The predicted molar refractivity (Wildman–Crippen MR) is 87.3 cm³/mol. The molecule has 2 heteroatoms. The van der Waals surface area contributed by atoms with Gasteiger partial charge in [0.15, 0.2) is 0 Å². The van der Waals surface area contributed by atoms with Crippen LogP contribution in [-0.2, 0) is 5.41 Å². The van der Waals surface area contributed by atoms with Crippen molar-refractivity contribution in [2.45, 2.75) is 59.3 Å². The Hall–Kier alpha value is -1.02. The van der Waals surface area contributed by atoms with Gasteiger partial charge in [0.1, 0.15) is 5.75 Å². The number of nitrogens with two attached hydrogens (primary N) is 1. The minimum Gasteiger partial charge on any atom is -0.494 e. The quantitative estimate of drug-likeness (QED) is 0.744. The summed E-state index contributed by atoms with van der Waals surface area (Å²) >= 11 is 0. The molecule has 2 N–H and O–H groups in total. The van der Waals surface area contributed by atoms with Gasteiger partial charge in [-0.15, -0.1) is 0 Å². The van der Waals surface area contributed by atoms with Crippen LogP contribution >= 0.6 is 0 Å². The van der Waals surface area contributed by atoms with Gasteiger partial charge >= 0.3 is 0 Å². The molecule has 0 fully saturated rings. The second-order valence-corrected chi connectivity index (χ2v) is 7.45. The summed E-state index contributed by atoms with van der Waals surface area (Å²) in [7, 11) is 0. The highest BCUT2D eigenvalue weighted by molar-refractivity contribution is 5.32. The molecule has 0 atom stereocenters. The standard InChI is InChI=1S/C18H31NO/c1-17(2,3)15-9-8-10-16(13-15)20-12-7-6-11-18(4,5)14-19/h8-10,13H,6-7,11-12,14,19H2,1-5H3. The fraction of sp³-hybridized carbons (Fsp3) is 0.667. The van der Waals surface area contributed by atoms with E-state index in [1.165, 1.54) is 12.0 Å². The summed E-state index contributed by atoms with van der Waals surface area (Å²) in [6, 6.07) is 8.44. The Labute approximate surface area is 124 Å². The Morgan fingerprint density at radius 1 is 1.05 bits per heavy atom. The van der Waals surface area contributed by atoms with E-state index < -0.39 is 0 Å². The maximum absolute atomic E-state index is 5.86. The molecule has 0 radical (unpaired) electrons. The summed E-state index contributed by atoms with van der Waals surface area (Å²) < 4.78 is 5.86. The van der Waals surface area contributed by atoms with Crippen molar-refractivity contribution in [3.63, 3.8) is 0 Å². The summed E-state index contributed by atoms with van der Waals surface area (Å²) in [5.41, 5.74) is 7.48. The van der Waals surface area contributed by atoms with E-state index >= 15 is 0 Å². The molecule has 0 aromatic heterocycles. The van der Waals surface area contributed by atoms with Crippen LogP contribution in [0.4, 0.5) is 0 Å². The lowest BCUT2D eigenvalue weighted by molar-refractivity contribution is 0.278. The van der Waals surface area contributed by atoms with Crippen LogP contribution in [0.3, 0.4) is 0 Å². The second-order valence-electron chi connectivity index (χ2n) is 7.45. The Kier molecular flexibility index (Phi) is 6.07. The lowest BCUT2D eigenvalue weighted by Gasteiger charge is -2.22. The van der Waals surface area contributed by atoms with E-state index in [0.717, 1.165) is 31.7 Å². The molecule has 1 aromatic rings. The summed E-state index contributed by atoms with van der Waals surface area (Å²) in [5, 5.41) is 0. The van der Waals surface area contributed by atoms with Crippen LogP contribution in [0.25, 0.3) is 0 Å². The third kappa shape index (κ3) is 5.96. The number of hydrogen-bond donors (Lipinski definition) is 1. The van der Waals surface area contributed by atoms with Crippen LogP contribution in [-0.4, -0.2) is 13.2 Å². The van der Waals surface area contributed by atoms with E-state index in [-0.39, 0.29) is 10.8 Å². The van der Waals surface area contributed by atoms with Crippen LogP contribution in [0.2, 0.25) is 0 Å². The molecule has 0 aliphatic carbocycles. The van der Waals surface area contributed by atoms with E-state index in [0.29, 0.717) is 0 Å². The van der Waals surface area contributed by atoms with Gasteiger partial charge in [-0.2, -0.15) is 0 Å². The summed E-state index contributed by atoms with van der Waals surface area (Å²) in [5.74, 6) is 0.982. The topological polar surface area (TPSA) is 35.2 Å². The SMILES string of the molecule is CC(C)(CN)CCCCOc1cccc(C(C)(C)C)c1. The van der Waals surface area contributed by atoms with E-state index in [9.17, 15) is 0 Å². The highest BCUT2D eigenvalue weighted by atomic mass is 16.5. The molecule has 1 rings (SSSR count). The highest BCUT2D eigenvalue weighted by Crippen LogP contribution is 2.26. The number of ether oxygens (including phenoxy) is 1. The molecule has 2 nitrogen and oxygen atoms in total. The van der Waals surface area contributed by atoms with Gasteiger partial charge in [-0.25, -0.2) is 0 Å². The monoisotopic (exact) mass is 277 g/mol. The molecule has 0 aliphatic rings. The van der Waals surface area contributed by atoms with Gasteiger partial charge in [0.05, 0.1) is 6.61 Å². The van der Waals surface area contributed by atoms with Gasteiger partial charge < -0.3 is 10.5 Å². The van der Waals surface area contributed by atoms with Crippen molar-refractivity contribution in [1.82, 2.24) is 0 Å². The molecule has 0 unspecified atom stereocenters. The molecule has 0 aliphatic heterocycles. The van der Waals surface area contributed by atoms with Crippen molar-refractivity contribution in [3.05, 3.63) is 29.8 Å². The van der Waals surface area contributed by atoms with Crippen LogP contribution in [0, 0.1) is 5.41 Å². The zero-order chi connectivity index (χ0) is 15.2. The van der Waals surface area contributed by atoms with Gasteiger partial charge in [0.2, 0.25) is 0 Å². The molecule has 0 heterocycles. The van der Waals surface area contributed by atoms with Crippen molar-refractivity contribution in [2.75, 3.05) is 13.2 Å². The molecule has 1 aromatic carbocycles. The third-order valence-electron chi connectivity index (χ3n) is 3.77. The molecule has 114 valence electrons. The Morgan fingerprint density at radius 2 is 1.75 bits per heavy atom. The molecule has 0 bridgehead atoms. The second kappa shape index (κ2) is 7.12. The Bertz CT molecular complexity index is 404. The summed E-state index contributed by atoms with van der Waals surface area (Å²) in [4.78, 5) is 0. The van der Waals surface area contributed by atoms with Crippen molar-refractivity contribution in [3.8, 4) is 5.75 Å². The Balaban J connectivity index is 2.36. The van der Waals surface area contributed by atoms with Crippen molar-refractivity contribution in [2.24, 2.45) is 11.1 Å². The molecule has 20 heavy (non-hydrogen) atoms. The third-order valence-corrected chi connectivity index (χ3v) is 3.77. The first-order chi connectivity index (χ1) is 9.24. The van der Waals surface area contributed by atoms with Gasteiger partial charge in [0.25, 0.3) is 0 Å². The van der Waals surface area contributed by atoms with Gasteiger partial charge in [0, 0.05) is 0 Å². The van der Waals surface area contributed by atoms with Crippen molar-refractivity contribution >= 4 is 0 Å². The fourth-order valence-corrected chi connectivity index (χ4v) is 2.05. The largest absolute Gasteiger partial charge is 0.494 e. The van der Waals surface area contributed by atoms with Crippen LogP contribution in [0.5, 0.6) is 5.75 Å². The maximum atomic E-state index is 5.86. The molecule has 0 saturated heterocycles. The van der Waals surface area contributed by atoms with Gasteiger partial charge in [-0.3, -0.25) is 0 Å². The smallest absolute Gasteiger partial charge is 0.119 e. The lowest BCUT2D eigenvalue weighted by Crippen LogP contribution is -2.23. The summed E-state index contributed by atoms with van der Waals surface area (Å²) in [6.07, 6.45) is 3.42. The van der Waals surface area contributed by atoms with E-state index in [4.69, 9.17) is 10.5 Å². The summed E-state index contributed by atoms with van der Waals surface area (Å²) in [6.45, 7) is 12.7. The van der Waals surface area contributed by atoms with Crippen LogP contribution in [0.15, 0.2) is 24.3 Å². The minimum absolute atomic E-state index is 0.171.